The second-order valence-electron chi connectivity index (χ2n) is 3.69. The maximum absolute atomic E-state index is 10.9. The molecule has 0 radical (unpaired) electrons. The van der Waals surface area contributed by atoms with Crippen molar-refractivity contribution in [2.24, 2.45) is 0 Å². The normalized spacial score (nSPS) is 11.1. The molecule has 0 aliphatic rings. The van der Waals surface area contributed by atoms with E-state index in [1.54, 1.807) is 7.11 Å². The summed E-state index contributed by atoms with van der Waals surface area (Å²) in [6.45, 7) is 3.76. The van der Waals surface area contributed by atoms with Gasteiger partial charge in [-0.1, -0.05) is 22.0 Å². The number of carbonyl (C=O) groups is 1. The van der Waals surface area contributed by atoms with Crippen molar-refractivity contribution in [2.75, 3.05) is 7.11 Å². The predicted octanol–water partition coefficient (Wildman–Crippen LogP) is 2.93. The minimum Gasteiger partial charge on any atom is -0.497 e. The van der Waals surface area contributed by atoms with Gasteiger partial charge in [0.15, 0.2) is 0 Å². The van der Waals surface area contributed by atoms with Crippen molar-refractivity contribution in [3.05, 3.63) is 28.2 Å². The van der Waals surface area contributed by atoms with Gasteiger partial charge in [-0.2, -0.15) is 0 Å². The van der Waals surface area contributed by atoms with Crippen LogP contribution >= 0.6 is 15.9 Å². The number of rotatable bonds is 3. The Hall–Kier alpha value is -0.830. The highest BCUT2D eigenvalue weighted by atomic mass is 79.9. The van der Waals surface area contributed by atoms with E-state index in [1.807, 2.05) is 32.0 Å². The highest BCUT2D eigenvalue weighted by Gasteiger charge is 2.22. The van der Waals surface area contributed by atoms with Crippen LogP contribution in [-0.4, -0.2) is 13.4 Å². The van der Waals surface area contributed by atoms with E-state index < -0.39 is 5.41 Å². The molecule has 0 amide bonds. The SMILES string of the molecule is COc1ccc(C(C)(C)C=O)c(Br)c1. The number of halogens is 1. The van der Waals surface area contributed by atoms with Crippen LogP contribution < -0.4 is 4.74 Å². The summed E-state index contributed by atoms with van der Waals surface area (Å²) in [5.74, 6) is 0.780. The van der Waals surface area contributed by atoms with Crippen LogP contribution in [0.25, 0.3) is 0 Å². The van der Waals surface area contributed by atoms with Crippen LogP contribution in [0.15, 0.2) is 22.7 Å². The molecule has 0 unspecified atom stereocenters. The molecule has 0 bridgehead atoms. The largest absolute Gasteiger partial charge is 0.497 e. The standard InChI is InChI=1S/C11H13BrO2/c1-11(2,7-13)9-5-4-8(14-3)6-10(9)12/h4-7H,1-3H3. The molecule has 0 aromatic heterocycles. The predicted molar refractivity (Wildman–Crippen MR) is 59.8 cm³/mol. The van der Waals surface area contributed by atoms with Gasteiger partial charge >= 0.3 is 0 Å². The number of hydrogen-bond donors (Lipinski definition) is 0. The van der Waals surface area contributed by atoms with Gasteiger partial charge in [-0.3, -0.25) is 0 Å². The smallest absolute Gasteiger partial charge is 0.130 e. The van der Waals surface area contributed by atoms with E-state index in [4.69, 9.17) is 4.74 Å². The Labute approximate surface area is 92.4 Å². The van der Waals surface area contributed by atoms with Gasteiger partial charge in [-0.05, 0) is 31.5 Å². The van der Waals surface area contributed by atoms with E-state index in [0.29, 0.717) is 0 Å². The number of carbonyl (C=O) groups excluding carboxylic acids is 1. The van der Waals surface area contributed by atoms with Gasteiger partial charge in [0, 0.05) is 9.89 Å². The topological polar surface area (TPSA) is 26.3 Å². The Morgan fingerprint density at radius 2 is 2.07 bits per heavy atom. The molecule has 2 nitrogen and oxygen atoms in total. The van der Waals surface area contributed by atoms with Gasteiger partial charge in [-0.25, -0.2) is 0 Å². The number of ether oxygens (including phenoxy) is 1. The second kappa shape index (κ2) is 4.13. The molecule has 0 atom stereocenters. The fraction of sp³-hybridized carbons (Fsp3) is 0.364. The highest BCUT2D eigenvalue weighted by molar-refractivity contribution is 9.10. The average Bonchev–Trinajstić information content (AvgIpc) is 2.17. The number of methoxy groups -OCH3 is 1. The molecule has 0 aliphatic carbocycles. The zero-order chi connectivity index (χ0) is 10.8. The summed E-state index contributed by atoms with van der Waals surface area (Å²) in [4.78, 5) is 10.9. The van der Waals surface area contributed by atoms with Gasteiger partial charge in [-0.15, -0.1) is 0 Å². The molecule has 1 rings (SSSR count). The average molecular weight is 257 g/mol. The third kappa shape index (κ3) is 2.15. The van der Waals surface area contributed by atoms with E-state index >= 15 is 0 Å². The third-order valence-corrected chi connectivity index (χ3v) is 2.82. The van der Waals surface area contributed by atoms with E-state index in [9.17, 15) is 4.79 Å². The molecule has 0 N–H and O–H groups in total. The van der Waals surface area contributed by atoms with Crippen molar-refractivity contribution in [1.82, 2.24) is 0 Å². The minimum absolute atomic E-state index is 0.467. The first-order valence-corrected chi connectivity index (χ1v) is 5.11. The van der Waals surface area contributed by atoms with Crippen LogP contribution in [0, 0.1) is 0 Å². The zero-order valence-electron chi connectivity index (χ0n) is 8.50. The van der Waals surface area contributed by atoms with Crippen molar-refractivity contribution in [1.29, 1.82) is 0 Å². The van der Waals surface area contributed by atoms with Crippen LogP contribution in [-0.2, 0) is 10.2 Å². The van der Waals surface area contributed by atoms with Crippen molar-refractivity contribution in [3.63, 3.8) is 0 Å². The Morgan fingerprint density at radius 3 is 2.50 bits per heavy atom. The first kappa shape index (κ1) is 11.2. The number of aldehydes is 1. The van der Waals surface area contributed by atoms with E-state index in [0.717, 1.165) is 22.1 Å². The third-order valence-electron chi connectivity index (χ3n) is 2.17. The molecule has 14 heavy (non-hydrogen) atoms. The molecular formula is C11H13BrO2. The van der Waals surface area contributed by atoms with Crippen LogP contribution in [0.2, 0.25) is 0 Å². The summed E-state index contributed by atoms with van der Waals surface area (Å²) in [7, 11) is 1.62. The summed E-state index contributed by atoms with van der Waals surface area (Å²) in [5.41, 5.74) is 0.499. The summed E-state index contributed by atoms with van der Waals surface area (Å²) in [6.07, 6.45) is 0.944. The lowest BCUT2D eigenvalue weighted by atomic mass is 9.86. The molecule has 0 saturated heterocycles. The van der Waals surface area contributed by atoms with Crippen LogP contribution in [0.1, 0.15) is 19.4 Å². The quantitative estimate of drug-likeness (QED) is 0.778. The second-order valence-corrected chi connectivity index (χ2v) is 4.54. The first-order chi connectivity index (χ1) is 6.51. The maximum atomic E-state index is 10.9. The van der Waals surface area contributed by atoms with Crippen molar-refractivity contribution in [3.8, 4) is 5.75 Å². The Kier molecular flexibility index (Phi) is 3.32. The van der Waals surface area contributed by atoms with Crippen LogP contribution in [0.4, 0.5) is 0 Å². The van der Waals surface area contributed by atoms with Crippen LogP contribution in [0.5, 0.6) is 5.75 Å². The molecule has 76 valence electrons. The van der Waals surface area contributed by atoms with E-state index in [1.165, 1.54) is 0 Å². The molecule has 0 fully saturated rings. The minimum atomic E-state index is -0.467. The van der Waals surface area contributed by atoms with E-state index in [-0.39, 0.29) is 0 Å². The molecule has 0 heterocycles. The lowest BCUT2D eigenvalue weighted by molar-refractivity contribution is -0.111. The van der Waals surface area contributed by atoms with Crippen LogP contribution in [0.3, 0.4) is 0 Å². The Morgan fingerprint density at radius 1 is 1.43 bits per heavy atom. The molecule has 0 aliphatic heterocycles. The fourth-order valence-corrected chi connectivity index (χ4v) is 2.08. The van der Waals surface area contributed by atoms with Gasteiger partial charge in [0.05, 0.1) is 7.11 Å². The monoisotopic (exact) mass is 256 g/mol. The zero-order valence-corrected chi connectivity index (χ0v) is 10.1. The molecular weight excluding hydrogens is 244 g/mol. The first-order valence-electron chi connectivity index (χ1n) is 4.31. The molecule has 1 aromatic rings. The van der Waals surface area contributed by atoms with Gasteiger partial charge in [0.2, 0.25) is 0 Å². The summed E-state index contributed by atoms with van der Waals surface area (Å²) in [6, 6.07) is 5.61. The number of benzene rings is 1. The highest BCUT2D eigenvalue weighted by Crippen LogP contribution is 2.31. The molecule has 0 spiro atoms. The Bertz CT molecular complexity index is 345. The van der Waals surface area contributed by atoms with Crippen molar-refractivity contribution in [2.45, 2.75) is 19.3 Å². The molecule has 0 saturated carbocycles. The maximum Gasteiger partial charge on any atom is 0.130 e. The number of hydrogen-bond acceptors (Lipinski definition) is 2. The molecule has 1 aromatic carbocycles. The summed E-state index contributed by atoms with van der Waals surface area (Å²) in [5, 5.41) is 0. The van der Waals surface area contributed by atoms with Gasteiger partial charge in [0.25, 0.3) is 0 Å². The van der Waals surface area contributed by atoms with Crippen molar-refractivity contribution >= 4 is 22.2 Å². The molecule has 3 heteroatoms. The lowest BCUT2D eigenvalue weighted by Gasteiger charge is -2.19. The summed E-state index contributed by atoms with van der Waals surface area (Å²) < 4.78 is 5.98. The van der Waals surface area contributed by atoms with Gasteiger partial charge in [0.1, 0.15) is 12.0 Å². The Balaban J connectivity index is 3.18. The van der Waals surface area contributed by atoms with Crippen molar-refractivity contribution < 1.29 is 9.53 Å². The fourth-order valence-electron chi connectivity index (χ4n) is 1.21. The lowest BCUT2D eigenvalue weighted by Crippen LogP contribution is -2.19. The van der Waals surface area contributed by atoms with Gasteiger partial charge < -0.3 is 9.53 Å². The summed E-state index contributed by atoms with van der Waals surface area (Å²) >= 11 is 3.43. The van der Waals surface area contributed by atoms with E-state index in [2.05, 4.69) is 15.9 Å².